The summed E-state index contributed by atoms with van der Waals surface area (Å²) in [5.74, 6) is -1.13. The first kappa shape index (κ1) is 13.7. The normalized spacial score (nSPS) is 11.6. The van der Waals surface area contributed by atoms with Crippen LogP contribution >= 0.6 is 15.9 Å². The maximum absolute atomic E-state index is 13.7. The summed E-state index contributed by atoms with van der Waals surface area (Å²) < 4.78 is 51.3. The fraction of sp³-hybridized carbons (Fsp3) is 0.0909. The van der Waals surface area contributed by atoms with Crippen LogP contribution in [0.4, 0.5) is 23.4 Å². The first-order valence-corrected chi connectivity index (χ1v) is 5.73. The van der Waals surface area contributed by atoms with E-state index in [1.165, 1.54) is 6.20 Å². The Kier molecular flexibility index (Phi) is 3.44. The lowest BCUT2D eigenvalue weighted by Gasteiger charge is -2.10. The van der Waals surface area contributed by atoms with Gasteiger partial charge in [0.15, 0.2) is 0 Å². The molecule has 0 aliphatic rings. The maximum atomic E-state index is 13.7. The van der Waals surface area contributed by atoms with Gasteiger partial charge in [-0.1, -0.05) is 0 Å². The number of aromatic nitrogens is 2. The minimum atomic E-state index is -4.60. The van der Waals surface area contributed by atoms with Gasteiger partial charge in [-0.05, 0) is 34.1 Å². The smallest absolute Gasteiger partial charge is 0.382 e. The molecule has 0 saturated carbocycles. The third-order valence-electron chi connectivity index (χ3n) is 2.32. The van der Waals surface area contributed by atoms with Crippen molar-refractivity contribution in [2.45, 2.75) is 6.18 Å². The average Bonchev–Trinajstić information content (AvgIpc) is 2.31. The largest absolute Gasteiger partial charge is 0.416 e. The van der Waals surface area contributed by atoms with Crippen LogP contribution in [0.25, 0.3) is 11.3 Å². The van der Waals surface area contributed by atoms with Gasteiger partial charge in [-0.3, -0.25) is 0 Å². The number of nitrogens with zero attached hydrogens (tertiary/aromatic N) is 2. The number of halogens is 5. The van der Waals surface area contributed by atoms with Crippen molar-refractivity contribution in [2.75, 3.05) is 5.73 Å². The minimum Gasteiger partial charge on any atom is -0.382 e. The van der Waals surface area contributed by atoms with Gasteiger partial charge < -0.3 is 5.73 Å². The Bertz CT molecular complexity index is 628. The molecule has 0 spiro atoms. The Morgan fingerprint density at radius 2 is 1.89 bits per heavy atom. The summed E-state index contributed by atoms with van der Waals surface area (Å²) in [6.07, 6.45) is -3.30. The van der Waals surface area contributed by atoms with Gasteiger partial charge in [0.1, 0.15) is 21.9 Å². The van der Waals surface area contributed by atoms with E-state index in [1.54, 1.807) is 0 Å². The van der Waals surface area contributed by atoms with Crippen molar-refractivity contribution in [3.8, 4) is 11.3 Å². The Balaban J connectivity index is 2.55. The molecule has 19 heavy (non-hydrogen) atoms. The number of benzene rings is 1. The summed E-state index contributed by atoms with van der Waals surface area (Å²) in [4.78, 5) is 7.65. The highest BCUT2D eigenvalue weighted by Gasteiger charge is 2.31. The summed E-state index contributed by atoms with van der Waals surface area (Å²) in [5.41, 5.74) is 4.30. The Morgan fingerprint density at radius 3 is 2.47 bits per heavy atom. The van der Waals surface area contributed by atoms with Gasteiger partial charge in [0.2, 0.25) is 0 Å². The van der Waals surface area contributed by atoms with Gasteiger partial charge in [-0.2, -0.15) is 13.2 Å². The third-order valence-corrected chi connectivity index (χ3v) is 2.71. The molecule has 0 amide bonds. The molecule has 2 N–H and O–H groups in total. The van der Waals surface area contributed by atoms with Crippen molar-refractivity contribution in [3.63, 3.8) is 0 Å². The van der Waals surface area contributed by atoms with E-state index >= 15 is 0 Å². The van der Waals surface area contributed by atoms with Crippen LogP contribution in [0, 0.1) is 5.82 Å². The molecule has 2 aromatic rings. The molecule has 1 heterocycles. The van der Waals surface area contributed by atoms with Gasteiger partial charge >= 0.3 is 6.18 Å². The van der Waals surface area contributed by atoms with E-state index in [4.69, 9.17) is 5.73 Å². The molecule has 8 heteroatoms. The van der Waals surface area contributed by atoms with Crippen molar-refractivity contribution in [3.05, 3.63) is 40.4 Å². The molecule has 1 aromatic carbocycles. The average molecular weight is 336 g/mol. The van der Waals surface area contributed by atoms with Crippen LogP contribution in [0.2, 0.25) is 0 Å². The highest BCUT2D eigenvalue weighted by Crippen LogP contribution is 2.33. The molecule has 1 aromatic heterocycles. The minimum absolute atomic E-state index is 0.0133. The lowest BCUT2D eigenvalue weighted by molar-refractivity contribution is -0.137. The predicted molar refractivity (Wildman–Crippen MR) is 64.5 cm³/mol. The molecule has 0 aliphatic heterocycles. The van der Waals surface area contributed by atoms with E-state index < -0.39 is 17.6 Å². The number of alkyl halides is 3. The third kappa shape index (κ3) is 2.83. The second-order valence-corrected chi connectivity index (χ2v) is 4.43. The standard InChI is InChI=1S/C11H6BrF4N3/c12-8-4-18-10(17)9(19-8)6-2-1-5(3-7(6)13)11(14,15)16/h1-4H,(H2,17,18). The second kappa shape index (κ2) is 4.76. The van der Waals surface area contributed by atoms with Crippen molar-refractivity contribution in [1.82, 2.24) is 9.97 Å². The predicted octanol–water partition coefficient (Wildman–Crippen LogP) is 3.65. The highest BCUT2D eigenvalue weighted by atomic mass is 79.9. The van der Waals surface area contributed by atoms with Gasteiger partial charge in [0, 0.05) is 5.56 Å². The maximum Gasteiger partial charge on any atom is 0.416 e. The fourth-order valence-corrected chi connectivity index (χ4v) is 1.74. The molecule has 0 fully saturated rings. The van der Waals surface area contributed by atoms with Crippen molar-refractivity contribution in [2.24, 2.45) is 0 Å². The molecule has 0 bridgehead atoms. The molecular weight excluding hydrogens is 330 g/mol. The summed E-state index contributed by atoms with van der Waals surface area (Å²) in [5, 5.41) is 0. The first-order valence-electron chi connectivity index (χ1n) is 4.94. The molecule has 100 valence electrons. The summed E-state index contributed by atoms with van der Waals surface area (Å²) in [6, 6.07) is 2.14. The molecule has 0 saturated heterocycles. The van der Waals surface area contributed by atoms with E-state index in [0.29, 0.717) is 10.7 Å². The fourth-order valence-electron chi connectivity index (χ4n) is 1.46. The Labute approximate surface area is 113 Å². The topological polar surface area (TPSA) is 51.8 Å². The summed E-state index contributed by atoms with van der Waals surface area (Å²) >= 11 is 3.03. The van der Waals surface area contributed by atoms with E-state index in [0.717, 1.165) is 12.1 Å². The van der Waals surface area contributed by atoms with Crippen LogP contribution in [-0.2, 0) is 6.18 Å². The van der Waals surface area contributed by atoms with Crippen LogP contribution in [0.1, 0.15) is 5.56 Å². The van der Waals surface area contributed by atoms with Crippen molar-refractivity contribution >= 4 is 21.7 Å². The van der Waals surface area contributed by atoms with E-state index in [9.17, 15) is 17.6 Å². The number of rotatable bonds is 1. The molecule has 0 atom stereocenters. The van der Waals surface area contributed by atoms with Crippen LogP contribution < -0.4 is 5.73 Å². The molecule has 3 nitrogen and oxygen atoms in total. The van der Waals surface area contributed by atoms with Crippen molar-refractivity contribution in [1.29, 1.82) is 0 Å². The zero-order valence-electron chi connectivity index (χ0n) is 9.17. The van der Waals surface area contributed by atoms with Crippen molar-refractivity contribution < 1.29 is 17.6 Å². The lowest BCUT2D eigenvalue weighted by Crippen LogP contribution is -2.06. The second-order valence-electron chi connectivity index (χ2n) is 3.62. The SMILES string of the molecule is Nc1ncc(Br)nc1-c1ccc(C(F)(F)F)cc1F. The number of nitrogen functional groups attached to an aromatic ring is 1. The Hall–Kier alpha value is -1.70. The van der Waals surface area contributed by atoms with Gasteiger partial charge in [-0.25, -0.2) is 14.4 Å². The summed E-state index contributed by atoms with van der Waals surface area (Å²) in [7, 11) is 0. The van der Waals surface area contributed by atoms with E-state index in [2.05, 4.69) is 25.9 Å². The number of hydrogen-bond donors (Lipinski definition) is 1. The number of hydrogen-bond acceptors (Lipinski definition) is 3. The zero-order chi connectivity index (χ0) is 14.2. The van der Waals surface area contributed by atoms with E-state index in [-0.39, 0.29) is 17.1 Å². The highest BCUT2D eigenvalue weighted by molar-refractivity contribution is 9.10. The van der Waals surface area contributed by atoms with E-state index in [1.807, 2.05) is 0 Å². The van der Waals surface area contributed by atoms with Gasteiger partial charge in [0.25, 0.3) is 0 Å². The molecular formula is C11H6BrF4N3. The number of nitrogens with two attached hydrogens (primary N) is 1. The molecule has 0 radical (unpaired) electrons. The molecule has 0 unspecified atom stereocenters. The monoisotopic (exact) mass is 335 g/mol. The quantitative estimate of drug-likeness (QED) is 0.809. The van der Waals surface area contributed by atoms with Gasteiger partial charge in [-0.15, -0.1) is 0 Å². The Morgan fingerprint density at radius 1 is 1.21 bits per heavy atom. The lowest BCUT2D eigenvalue weighted by atomic mass is 10.1. The molecule has 2 rings (SSSR count). The van der Waals surface area contributed by atoms with Gasteiger partial charge in [0.05, 0.1) is 11.8 Å². The van der Waals surface area contributed by atoms with Crippen LogP contribution in [-0.4, -0.2) is 9.97 Å². The first-order chi connectivity index (χ1) is 8.79. The zero-order valence-corrected chi connectivity index (χ0v) is 10.8. The molecule has 0 aliphatic carbocycles. The number of anilines is 1. The van der Waals surface area contributed by atoms with Crippen LogP contribution in [0.3, 0.4) is 0 Å². The van der Waals surface area contributed by atoms with Crippen LogP contribution in [0.5, 0.6) is 0 Å². The summed E-state index contributed by atoms with van der Waals surface area (Å²) in [6.45, 7) is 0. The van der Waals surface area contributed by atoms with Crippen LogP contribution in [0.15, 0.2) is 29.0 Å².